The van der Waals surface area contributed by atoms with Gasteiger partial charge in [0, 0.05) is 24.1 Å². The van der Waals surface area contributed by atoms with Gasteiger partial charge in [0.25, 0.3) is 11.8 Å². The van der Waals surface area contributed by atoms with Gasteiger partial charge in [0.1, 0.15) is 0 Å². The summed E-state index contributed by atoms with van der Waals surface area (Å²) in [6.07, 6.45) is 5.76. The zero-order chi connectivity index (χ0) is 23.9. The van der Waals surface area contributed by atoms with E-state index in [4.69, 9.17) is 16.3 Å². The minimum absolute atomic E-state index is 0.109. The SMILES string of the molecule is CN(C)CC1(c2ccc(C(=O)NC3CC4(CCCO4)CC3NC(=O)c3ccc(Cl)s3)cc2)CC1. The molecule has 0 radical (unpaired) electrons. The number of carbonyl (C=O) groups is 2. The molecule has 2 aliphatic carbocycles. The third kappa shape index (κ3) is 4.89. The first-order chi connectivity index (χ1) is 16.3. The van der Waals surface area contributed by atoms with E-state index < -0.39 is 0 Å². The van der Waals surface area contributed by atoms with E-state index in [1.165, 1.54) is 29.7 Å². The number of amides is 2. The summed E-state index contributed by atoms with van der Waals surface area (Å²) in [6.45, 7) is 1.76. The second-order valence-electron chi connectivity index (χ2n) is 10.4. The van der Waals surface area contributed by atoms with Gasteiger partial charge in [-0.05, 0) is 82.4 Å². The maximum absolute atomic E-state index is 13.2. The van der Waals surface area contributed by atoms with Gasteiger partial charge in [-0.1, -0.05) is 23.7 Å². The molecule has 0 bridgehead atoms. The Bertz CT molecular complexity index is 1060. The lowest BCUT2D eigenvalue weighted by Crippen LogP contribution is -2.48. The summed E-state index contributed by atoms with van der Waals surface area (Å²) in [6, 6.07) is 11.1. The van der Waals surface area contributed by atoms with Crippen LogP contribution in [-0.2, 0) is 10.2 Å². The lowest BCUT2D eigenvalue weighted by Gasteiger charge is -2.23. The molecule has 5 rings (SSSR count). The number of hydrogen-bond donors (Lipinski definition) is 2. The third-order valence-electron chi connectivity index (χ3n) is 7.52. The maximum atomic E-state index is 13.2. The minimum atomic E-state index is -0.266. The van der Waals surface area contributed by atoms with E-state index in [1.54, 1.807) is 12.1 Å². The fourth-order valence-electron chi connectivity index (χ4n) is 5.75. The monoisotopic (exact) mass is 501 g/mol. The van der Waals surface area contributed by atoms with E-state index >= 15 is 0 Å². The van der Waals surface area contributed by atoms with Crippen molar-refractivity contribution < 1.29 is 14.3 Å². The number of likely N-dealkylation sites (N-methyl/N-ethyl adjacent to an activating group) is 1. The Labute approximate surface area is 210 Å². The summed E-state index contributed by atoms with van der Waals surface area (Å²) in [4.78, 5) is 28.8. The smallest absolute Gasteiger partial charge is 0.261 e. The molecule has 3 atom stereocenters. The predicted octanol–water partition coefficient (Wildman–Crippen LogP) is 4.23. The van der Waals surface area contributed by atoms with Gasteiger partial charge in [0.15, 0.2) is 0 Å². The Morgan fingerprint density at radius 2 is 1.71 bits per heavy atom. The van der Waals surface area contributed by atoms with Crippen molar-refractivity contribution in [1.29, 1.82) is 0 Å². The van der Waals surface area contributed by atoms with Gasteiger partial charge in [-0.15, -0.1) is 11.3 Å². The number of ether oxygens (including phenoxy) is 1. The summed E-state index contributed by atoms with van der Waals surface area (Å²) in [5, 5.41) is 6.34. The standard InChI is InChI=1S/C26H32ClN3O3S/c1-30(2)16-25(11-12-25)18-6-4-17(5-7-18)23(31)28-19-14-26(10-3-13-33-26)15-20(19)29-24(32)21-8-9-22(27)34-21/h4-9,19-20H,3,10-16H2,1-2H3,(H,28,31)(H,29,32). The third-order valence-corrected chi connectivity index (χ3v) is 8.75. The first-order valence-corrected chi connectivity index (χ1v) is 13.2. The fraction of sp³-hybridized carbons (Fsp3) is 0.538. The summed E-state index contributed by atoms with van der Waals surface area (Å²) < 4.78 is 6.69. The molecule has 1 aromatic carbocycles. The van der Waals surface area contributed by atoms with Crippen molar-refractivity contribution in [2.75, 3.05) is 27.2 Å². The average molecular weight is 502 g/mol. The molecule has 6 nitrogen and oxygen atoms in total. The number of halogens is 1. The number of nitrogens with one attached hydrogen (secondary N) is 2. The average Bonchev–Trinajstić information content (AvgIpc) is 3.12. The van der Waals surface area contributed by atoms with E-state index in [-0.39, 0.29) is 34.9 Å². The molecule has 3 aliphatic rings. The normalized spacial score (nSPS) is 27.3. The second kappa shape index (κ2) is 9.26. The number of carbonyl (C=O) groups excluding carboxylic acids is 2. The van der Waals surface area contributed by atoms with Crippen molar-refractivity contribution in [2.45, 2.75) is 61.6 Å². The van der Waals surface area contributed by atoms with Gasteiger partial charge >= 0.3 is 0 Å². The zero-order valence-corrected chi connectivity index (χ0v) is 21.3. The highest BCUT2D eigenvalue weighted by molar-refractivity contribution is 7.18. The molecule has 2 heterocycles. The van der Waals surface area contributed by atoms with Crippen LogP contribution >= 0.6 is 22.9 Å². The van der Waals surface area contributed by atoms with E-state index in [9.17, 15) is 9.59 Å². The highest BCUT2D eigenvalue weighted by atomic mass is 35.5. The van der Waals surface area contributed by atoms with Gasteiger partial charge < -0.3 is 20.3 Å². The molecule has 1 saturated heterocycles. The van der Waals surface area contributed by atoms with Crippen molar-refractivity contribution in [3.63, 3.8) is 0 Å². The first kappa shape index (κ1) is 23.8. The fourth-order valence-corrected chi connectivity index (χ4v) is 6.69. The highest BCUT2D eigenvalue weighted by Crippen LogP contribution is 2.48. The van der Waals surface area contributed by atoms with Gasteiger partial charge in [0.05, 0.1) is 26.9 Å². The van der Waals surface area contributed by atoms with Crippen LogP contribution in [0.1, 0.15) is 64.1 Å². The molecule has 34 heavy (non-hydrogen) atoms. The van der Waals surface area contributed by atoms with Gasteiger partial charge in [-0.25, -0.2) is 0 Å². The van der Waals surface area contributed by atoms with Crippen molar-refractivity contribution in [3.05, 3.63) is 56.7 Å². The number of hydrogen-bond acceptors (Lipinski definition) is 5. The number of thiophene rings is 1. The van der Waals surface area contributed by atoms with Gasteiger partial charge in [-0.2, -0.15) is 0 Å². The Kier molecular flexibility index (Phi) is 6.48. The summed E-state index contributed by atoms with van der Waals surface area (Å²) in [5.41, 5.74) is 1.91. The summed E-state index contributed by atoms with van der Waals surface area (Å²) >= 11 is 7.27. The van der Waals surface area contributed by atoms with Crippen LogP contribution in [0.15, 0.2) is 36.4 Å². The summed E-state index contributed by atoms with van der Waals surface area (Å²) in [7, 11) is 4.21. The second-order valence-corrected chi connectivity index (χ2v) is 12.1. The molecular formula is C26H32ClN3O3S. The van der Waals surface area contributed by atoms with Crippen LogP contribution in [0.2, 0.25) is 4.34 Å². The quantitative estimate of drug-likeness (QED) is 0.595. The zero-order valence-electron chi connectivity index (χ0n) is 19.7. The minimum Gasteiger partial charge on any atom is -0.375 e. The molecule has 2 saturated carbocycles. The molecule has 2 aromatic rings. The predicted molar refractivity (Wildman–Crippen MR) is 135 cm³/mol. The van der Waals surface area contributed by atoms with E-state index in [0.29, 0.717) is 27.6 Å². The Morgan fingerprint density at radius 1 is 1.03 bits per heavy atom. The Morgan fingerprint density at radius 3 is 2.24 bits per heavy atom. The van der Waals surface area contributed by atoms with Crippen molar-refractivity contribution in [3.8, 4) is 0 Å². The van der Waals surface area contributed by atoms with E-state index in [2.05, 4.69) is 41.8 Å². The maximum Gasteiger partial charge on any atom is 0.261 e. The molecule has 8 heteroatoms. The molecule has 1 aromatic heterocycles. The van der Waals surface area contributed by atoms with Crippen LogP contribution in [0.4, 0.5) is 0 Å². The molecule has 3 unspecified atom stereocenters. The molecule has 1 spiro atoms. The topological polar surface area (TPSA) is 70.7 Å². The molecule has 1 aliphatic heterocycles. The van der Waals surface area contributed by atoms with Crippen molar-refractivity contribution in [2.24, 2.45) is 0 Å². The van der Waals surface area contributed by atoms with E-state index in [1.807, 2.05) is 12.1 Å². The van der Waals surface area contributed by atoms with Gasteiger partial charge in [-0.3, -0.25) is 9.59 Å². The summed E-state index contributed by atoms with van der Waals surface area (Å²) in [5.74, 6) is -0.265. The highest BCUT2D eigenvalue weighted by Gasteiger charge is 2.49. The number of benzene rings is 1. The van der Waals surface area contributed by atoms with Crippen LogP contribution in [0, 0.1) is 0 Å². The van der Waals surface area contributed by atoms with Gasteiger partial charge in [0.2, 0.25) is 0 Å². The molecular weight excluding hydrogens is 470 g/mol. The first-order valence-electron chi connectivity index (χ1n) is 12.0. The van der Waals surface area contributed by atoms with Crippen LogP contribution in [-0.4, -0.2) is 61.6 Å². The van der Waals surface area contributed by atoms with Crippen LogP contribution in [0.5, 0.6) is 0 Å². The Hall–Kier alpha value is -1.93. The molecule has 2 N–H and O–H groups in total. The lowest BCUT2D eigenvalue weighted by molar-refractivity contribution is 0.00741. The largest absolute Gasteiger partial charge is 0.375 e. The van der Waals surface area contributed by atoms with Crippen LogP contribution in [0.3, 0.4) is 0 Å². The molecule has 3 fully saturated rings. The lowest BCUT2D eigenvalue weighted by atomic mass is 9.94. The van der Waals surface area contributed by atoms with Crippen LogP contribution < -0.4 is 10.6 Å². The molecule has 182 valence electrons. The van der Waals surface area contributed by atoms with E-state index in [0.717, 1.165) is 26.0 Å². The number of rotatable bonds is 7. The number of nitrogens with zero attached hydrogens (tertiary/aromatic N) is 1. The Balaban J connectivity index is 1.28. The van der Waals surface area contributed by atoms with Crippen molar-refractivity contribution in [1.82, 2.24) is 15.5 Å². The molecule has 2 amide bonds. The van der Waals surface area contributed by atoms with Crippen LogP contribution in [0.25, 0.3) is 0 Å². The van der Waals surface area contributed by atoms with Crippen molar-refractivity contribution >= 4 is 34.8 Å².